The molecule has 1 saturated heterocycles. The molecule has 27 heavy (non-hydrogen) atoms. The van der Waals surface area contributed by atoms with Gasteiger partial charge in [0.1, 0.15) is 12.5 Å². The molecule has 0 atom stereocenters. The van der Waals surface area contributed by atoms with Crippen molar-refractivity contribution in [2.45, 2.75) is 6.42 Å². The Bertz CT molecular complexity index is 910. The molecule has 4 rings (SSSR count). The van der Waals surface area contributed by atoms with E-state index < -0.39 is 0 Å². The summed E-state index contributed by atoms with van der Waals surface area (Å²) in [5, 5.41) is 0. The average Bonchev–Trinajstić information content (AvgIpc) is 3.40. The number of aromatic nitrogens is 1. The van der Waals surface area contributed by atoms with Crippen molar-refractivity contribution in [1.82, 2.24) is 14.8 Å². The van der Waals surface area contributed by atoms with Crippen molar-refractivity contribution < 1.29 is 18.4 Å². The van der Waals surface area contributed by atoms with Gasteiger partial charge in [-0.15, -0.1) is 0 Å². The fourth-order valence-corrected chi connectivity index (χ4v) is 3.10. The Morgan fingerprint density at radius 2 is 1.70 bits per heavy atom. The molecule has 1 aromatic carbocycles. The van der Waals surface area contributed by atoms with Crippen LogP contribution in [0.15, 0.2) is 64.0 Å². The third kappa shape index (κ3) is 3.76. The molecule has 0 saturated carbocycles. The van der Waals surface area contributed by atoms with Crippen LogP contribution in [0.2, 0.25) is 0 Å². The number of rotatable bonds is 4. The number of hydrogen-bond acceptors (Lipinski definition) is 5. The first-order valence-corrected chi connectivity index (χ1v) is 8.80. The molecule has 0 unspecified atom stereocenters. The van der Waals surface area contributed by atoms with E-state index in [1.807, 2.05) is 30.3 Å². The average molecular weight is 365 g/mol. The van der Waals surface area contributed by atoms with Gasteiger partial charge in [-0.25, -0.2) is 4.98 Å². The van der Waals surface area contributed by atoms with Crippen LogP contribution in [0.5, 0.6) is 0 Å². The first-order valence-electron chi connectivity index (χ1n) is 8.80. The molecule has 3 aromatic rings. The van der Waals surface area contributed by atoms with Crippen molar-refractivity contribution >= 4 is 11.8 Å². The van der Waals surface area contributed by atoms with Crippen molar-refractivity contribution in [3.8, 4) is 11.5 Å². The fourth-order valence-electron chi connectivity index (χ4n) is 3.10. The maximum atomic E-state index is 12.5. The number of oxazole rings is 1. The van der Waals surface area contributed by atoms with E-state index in [0.29, 0.717) is 43.3 Å². The number of piperazine rings is 1. The second-order valence-electron chi connectivity index (χ2n) is 6.37. The van der Waals surface area contributed by atoms with Crippen LogP contribution >= 0.6 is 0 Å². The summed E-state index contributed by atoms with van der Waals surface area (Å²) in [6, 6.07) is 11.2. The predicted octanol–water partition coefficient (Wildman–Crippen LogP) is 2.46. The van der Waals surface area contributed by atoms with Gasteiger partial charge in [-0.1, -0.05) is 18.2 Å². The molecule has 0 bridgehead atoms. The molecule has 1 aliphatic rings. The summed E-state index contributed by atoms with van der Waals surface area (Å²) in [5.74, 6) is 0.423. The molecule has 1 aliphatic heterocycles. The van der Waals surface area contributed by atoms with E-state index in [9.17, 15) is 9.59 Å². The lowest BCUT2D eigenvalue weighted by molar-refractivity contribution is -0.132. The van der Waals surface area contributed by atoms with Crippen LogP contribution in [0, 0.1) is 0 Å². The van der Waals surface area contributed by atoms with Gasteiger partial charge in [-0.3, -0.25) is 9.59 Å². The first-order chi connectivity index (χ1) is 13.2. The molecule has 0 radical (unpaired) electrons. The Labute approximate surface area is 156 Å². The highest BCUT2D eigenvalue weighted by molar-refractivity contribution is 5.94. The Kier molecular flexibility index (Phi) is 4.74. The number of amides is 2. The summed E-state index contributed by atoms with van der Waals surface area (Å²) in [6.45, 7) is 2.02. The Hall–Kier alpha value is -3.35. The Balaban J connectivity index is 1.32. The van der Waals surface area contributed by atoms with Gasteiger partial charge in [0.05, 0.1) is 23.9 Å². The lowest BCUT2D eigenvalue weighted by Gasteiger charge is -2.34. The standard InChI is InChI=1S/C20H19N3O4/c24-18(12-17-14-27-19(21-17)15-4-2-1-3-5-15)22-7-9-23(10-8-22)20(25)16-6-11-26-13-16/h1-6,11,13-14H,7-10,12H2. The van der Waals surface area contributed by atoms with Crippen LogP contribution in [-0.2, 0) is 11.2 Å². The summed E-state index contributed by atoms with van der Waals surface area (Å²) in [4.78, 5) is 32.7. The number of carbonyl (C=O) groups is 2. The molecule has 1 fully saturated rings. The van der Waals surface area contributed by atoms with E-state index in [1.165, 1.54) is 18.8 Å². The van der Waals surface area contributed by atoms with E-state index in [0.717, 1.165) is 5.56 Å². The van der Waals surface area contributed by atoms with Gasteiger partial charge in [-0.05, 0) is 18.2 Å². The Morgan fingerprint density at radius 1 is 0.963 bits per heavy atom. The van der Waals surface area contributed by atoms with Crippen molar-refractivity contribution in [3.05, 3.63) is 66.4 Å². The molecular formula is C20H19N3O4. The van der Waals surface area contributed by atoms with Crippen molar-refractivity contribution in [2.24, 2.45) is 0 Å². The summed E-state index contributed by atoms with van der Waals surface area (Å²) in [5.41, 5.74) is 2.02. The second kappa shape index (κ2) is 7.49. The smallest absolute Gasteiger partial charge is 0.257 e. The SMILES string of the molecule is O=C(Cc1coc(-c2ccccc2)n1)N1CCN(C(=O)c2ccoc2)CC1. The summed E-state index contributed by atoms with van der Waals surface area (Å²) in [7, 11) is 0. The van der Waals surface area contributed by atoms with Gasteiger partial charge in [-0.2, -0.15) is 0 Å². The Morgan fingerprint density at radius 3 is 2.41 bits per heavy atom. The summed E-state index contributed by atoms with van der Waals surface area (Å²) in [6.07, 6.45) is 4.63. The maximum absolute atomic E-state index is 12.5. The number of carbonyl (C=O) groups excluding carboxylic acids is 2. The van der Waals surface area contributed by atoms with Crippen molar-refractivity contribution in [2.75, 3.05) is 26.2 Å². The van der Waals surface area contributed by atoms with Gasteiger partial charge in [0.2, 0.25) is 11.8 Å². The van der Waals surface area contributed by atoms with E-state index in [1.54, 1.807) is 15.9 Å². The zero-order chi connectivity index (χ0) is 18.6. The molecule has 2 aromatic heterocycles. The number of benzene rings is 1. The highest BCUT2D eigenvalue weighted by atomic mass is 16.3. The van der Waals surface area contributed by atoms with Gasteiger partial charge in [0.15, 0.2) is 0 Å². The molecule has 2 amide bonds. The molecule has 7 heteroatoms. The van der Waals surface area contributed by atoms with Gasteiger partial charge in [0.25, 0.3) is 5.91 Å². The molecule has 0 spiro atoms. The number of nitrogens with zero attached hydrogens (tertiary/aromatic N) is 3. The van der Waals surface area contributed by atoms with E-state index in [4.69, 9.17) is 8.83 Å². The topological polar surface area (TPSA) is 79.8 Å². The highest BCUT2D eigenvalue weighted by Gasteiger charge is 2.25. The summed E-state index contributed by atoms with van der Waals surface area (Å²) >= 11 is 0. The fraction of sp³-hybridized carbons (Fsp3) is 0.250. The largest absolute Gasteiger partial charge is 0.472 e. The van der Waals surface area contributed by atoms with Gasteiger partial charge < -0.3 is 18.6 Å². The van der Waals surface area contributed by atoms with Crippen LogP contribution in [-0.4, -0.2) is 52.8 Å². The third-order valence-corrected chi connectivity index (χ3v) is 4.59. The van der Waals surface area contributed by atoms with Crippen LogP contribution in [0.3, 0.4) is 0 Å². The highest BCUT2D eigenvalue weighted by Crippen LogP contribution is 2.18. The zero-order valence-electron chi connectivity index (χ0n) is 14.7. The van der Waals surface area contributed by atoms with Crippen LogP contribution in [0.4, 0.5) is 0 Å². The zero-order valence-corrected chi connectivity index (χ0v) is 14.7. The number of furan rings is 1. The quantitative estimate of drug-likeness (QED) is 0.710. The molecular weight excluding hydrogens is 346 g/mol. The molecule has 3 heterocycles. The van der Waals surface area contributed by atoms with Crippen LogP contribution in [0.1, 0.15) is 16.1 Å². The van der Waals surface area contributed by atoms with Crippen molar-refractivity contribution in [1.29, 1.82) is 0 Å². The van der Waals surface area contributed by atoms with Gasteiger partial charge in [0, 0.05) is 31.7 Å². The maximum Gasteiger partial charge on any atom is 0.257 e. The van der Waals surface area contributed by atoms with E-state index in [-0.39, 0.29) is 18.2 Å². The van der Waals surface area contributed by atoms with E-state index in [2.05, 4.69) is 4.98 Å². The second-order valence-corrected chi connectivity index (χ2v) is 6.37. The van der Waals surface area contributed by atoms with Crippen LogP contribution < -0.4 is 0 Å². The number of hydrogen-bond donors (Lipinski definition) is 0. The molecule has 7 nitrogen and oxygen atoms in total. The monoisotopic (exact) mass is 365 g/mol. The summed E-state index contributed by atoms with van der Waals surface area (Å²) < 4.78 is 10.4. The van der Waals surface area contributed by atoms with Crippen molar-refractivity contribution in [3.63, 3.8) is 0 Å². The molecule has 138 valence electrons. The van der Waals surface area contributed by atoms with E-state index >= 15 is 0 Å². The molecule has 0 aliphatic carbocycles. The minimum absolute atomic E-state index is 0.0154. The minimum Gasteiger partial charge on any atom is -0.472 e. The predicted molar refractivity (Wildman–Crippen MR) is 96.8 cm³/mol. The normalized spacial score (nSPS) is 14.4. The van der Waals surface area contributed by atoms with Gasteiger partial charge >= 0.3 is 0 Å². The molecule has 0 N–H and O–H groups in total. The third-order valence-electron chi connectivity index (χ3n) is 4.59. The lowest BCUT2D eigenvalue weighted by atomic mass is 10.2. The van der Waals surface area contributed by atoms with Crippen LogP contribution in [0.25, 0.3) is 11.5 Å². The minimum atomic E-state index is -0.0696. The first kappa shape index (κ1) is 17.1. The lowest BCUT2D eigenvalue weighted by Crippen LogP contribution is -2.50.